The van der Waals surface area contributed by atoms with Crippen LogP contribution in [0.25, 0.3) is 0 Å². The van der Waals surface area contributed by atoms with E-state index in [1.807, 2.05) is 4.90 Å². The highest BCUT2D eigenvalue weighted by atomic mass is 35.5. The monoisotopic (exact) mass is 364 g/mol. The number of aryl methyl sites for hydroxylation is 1. The van der Waals surface area contributed by atoms with E-state index in [2.05, 4.69) is 21.8 Å². The number of rotatable bonds is 6. The summed E-state index contributed by atoms with van der Waals surface area (Å²) in [5, 5.41) is 0.568. The Hall–Kier alpha value is -1.79. The maximum absolute atomic E-state index is 12.4. The van der Waals surface area contributed by atoms with Crippen LogP contribution in [0.15, 0.2) is 22.8 Å². The lowest BCUT2D eigenvalue weighted by Gasteiger charge is -2.21. The molecule has 0 aliphatic carbocycles. The first-order valence-corrected chi connectivity index (χ1v) is 9.33. The van der Waals surface area contributed by atoms with Crippen LogP contribution in [-0.4, -0.2) is 51.9 Å². The number of hydrogen-bond donors (Lipinski definition) is 1. The van der Waals surface area contributed by atoms with E-state index < -0.39 is 0 Å². The van der Waals surface area contributed by atoms with E-state index in [1.54, 1.807) is 12.1 Å². The third-order valence-electron chi connectivity index (χ3n) is 4.53. The number of hydrogen-bond acceptors (Lipinski definition) is 4. The number of halogens is 1. The Kier molecular flexibility index (Phi) is 6.15. The fourth-order valence-electron chi connectivity index (χ4n) is 3.12. The third-order valence-corrected chi connectivity index (χ3v) is 4.85. The highest BCUT2D eigenvalue weighted by molar-refractivity contribution is 6.30. The lowest BCUT2D eigenvalue weighted by molar-refractivity contribution is 0.0729. The van der Waals surface area contributed by atoms with Gasteiger partial charge in [0.15, 0.2) is 10.9 Å². The van der Waals surface area contributed by atoms with Gasteiger partial charge in [-0.15, -0.1) is 0 Å². The fourth-order valence-corrected chi connectivity index (χ4v) is 3.33. The minimum absolute atomic E-state index is 0.0340. The van der Waals surface area contributed by atoms with Gasteiger partial charge in [0.1, 0.15) is 5.82 Å². The second-order valence-electron chi connectivity index (χ2n) is 6.46. The number of nitrogens with zero attached hydrogens (tertiary/aromatic N) is 3. The number of carbonyl (C=O) groups is 1. The van der Waals surface area contributed by atoms with Crippen LogP contribution < -0.4 is 0 Å². The predicted molar refractivity (Wildman–Crippen MR) is 96.7 cm³/mol. The number of H-pyrrole nitrogens is 1. The van der Waals surface area contributed by atoms with Gasteiger partial charge < -0.3 is 14.3 Å². The zero-order valence-corrected chi connectivity index (χ0v) is 15.4. The molecule has 1 N–H and O–H groups in total. The van der Waals surface area contributed by atoms with Crippen molar-refractivity contribution in [2.45, 2.75) is 39.2 Å². The largest absolute Gasteiger partial charge is 0.459 e. The SMILES string of the molecule is CCCCc1nc(Cl)c(CN2CCCN(C(=O)c3ccco3)CC2)[nH]1. The normalized spacial score (nSPS) is 16.2. The summed E-state index contributed by atoms with van der Waals surface area (Å²) in [7, 11) is 0. The first-order chi connectivity index (χ1) is 12.2. The van der Waals surface area contributed by atoms with Crippen LogP contribution in [0.1, 0.15) is 48.3 Å². The van der Waals surface area contributed by atoms with Gasteiger partial charge in [-0.3, -0.25) is 9.69 Å². The van der Waals surface area contributed by atoms with Crippen LogP contribution >= 0.6 is 11.6 Å². The molecule has 2 aromatic heterocycles. The minimum atomic E-state index is -0.0340. The van der Waals surface area contributed by atoms with Gasteiger partial charge in [0.2, 0.25) is 0 Å². The van der Waals surface area contributed by atoms with Crippen molar-refractivity contribution in [2.75, 3.05) is 26.2 Å². The van der Waals surface area contributed by atoms with Gasteiger partial charge in [-0.1, -0.05) is 24.9 Å². The van der Waals surface area contributed by atoms with Crippen LogP contribution in [0.5, 0.6) is 0 Å². The van der Waals surface area contributed by atoms with E-state index in [1.165, 1.54) is 6.26 Å². The van der Waals surface area contributed by atoms with E-state index in [-0.39, 0.29) is 5.91 Å². The molecule has 6 nitrogen and oxygen atoms in total. The summed E-state index contributed by atoms with van der Waals surface area (Å²) in [6, 6.07) is 3.46. The summed E-state index contributed by atoms with van der Waals surface area (Å²) >= 11 is 6.28. The molecule has 1 saturated heterocycles. The maximum Gasteiger partial charge on any atom is 0.289 e. The van der Waals surface area contributed by atoms with Crippen molar-refractivity contribution in [3.05, 3.63) is 40.8 Å². The van der Waals surface area contributed by atoms with Crippen molar-refractivity contribution >= 4 is 17.5 Å². The summed E-state index contributed by atoms with van der Waals surface area (Å²) in [5.41, 5.74) is 0.971. The summed E-state index contributed by atoms with van der Waals surface area (Å²) in [6.07, 6.45) is 5.65. The van der Waals surface area contributed by atoms with Crippen molar-refractivity contribution in [2.24, 2.45) is 0 Å². The van der Waals surface area contributed by atoms with Crippen molar-refractivity contribution in [1.29, 1.82) is 0 Å². The third kappa shape index (κ3) is 4.64. The zero-order valence-electron chi connectivity index (χ0n) is 14.6. The highest BCUT2D eigenvalue weighted by Gasteiger charge is 2.22. The van der Waals surface area contributed by atoms with E-state index in [0.29, 0.717) is 17.5 Å². The standard InChI is InChI=1S/C18H25ClN4O2/c1-2-3-7-16-20-14(17(19)21-16)13-22-8-5-9-23(11-10-22)18(24)15-6-4-12-25-15/h4,6,12H,2-3,5,7-11,13H2,1H3,(H,20,21). The topological polar surface area (TPSA) is 65.4 Å². The molecular weight excluding hydrogens is 340 g/mol. The molecule has 0 atom stereocenters. The molecule has 3 heterocycles. The molecule has 2 aromatic rings. The lowest BCUT2D eigenvalue weighted by Crippen LogP contribution is -2.35. The molecule has 0 spiro atoms. The van der Waals surface area contributed by atoms with Crippen molar-refractivity contribution in [1.82, 2.24) is 19.8 Å². The van der Waals surface area contributed by atoms with Crippen LogP contribution in [-0.2, 0) is 13.0 Å². The fraction of sp³-hybridized carbons (Fsp3) is 0.556. The molecule has 0 aromatic carbocycles. The number of amides is 1. The van der Waals surface area contributed by atoms with Crippen molar-refractivity contribution in [3.8, 4) is 0 Å². The van der Waals surface area contributed by atoms with Crippen LogP contribution in [0.4, 0.5) is 0 Å². The lowest BCUT2D eigenvalue weighted by atomic mass is 10.2. The van der Waals surface area contributed by atoms with Gasteiger partial charge in [-0.05, 0) is 25.0 Å². The molecule has 1 amide bonds. The van der Waals surface area contributed by atoms with Crippen LogP contribution in [0.2, 0.25) is 5.15 Å². The minimum Gasteiger partial charge on any atom is -0.459 e. The Morgan fingerprint density at radius 2 is 2.24 bits per heavy atom. The van der Waals surface area contributed by atoms with E-state index >= 15 is 0 Å². The molecule has 25 heavy (non-hydrogen) atoms. The van der Waals surface area contributed by atoms with Crippen molar-refractivity contribution in [3.63, 3.8) is 0 Å². The van der Waals surface area contributed by atoms with Gasteiger partial charge in [0.05, 0.1) is 12.0 Å². The molecule has 3 rings (SSSR count). The number of unbranched alkanes of at least 4 members (excludes halogenated alkanes) is 1. The Balaban J connectivity index is 1.56. The Labute approximate surface area is 153 Å². The molecule has 0 saturated carbocycles. The smallest absolute Gasteiger partial charge is 0.289 e. The molecule has 1 fully saturated rings. The first kappa shape index (κ1) is 18.0. The summed E-state index contributed by atoms with van der Waals surface area (Å²) in [6.45, 7) is 6.08. The van der Waals surface area contributed by atoms with E-state index in [9.17, 15) is 4.79 Å². The molecule has 0 unspecified atom stereocenters. The summed E-state index contributed by atoms with van der Waals surface area (Å²) < 4.78 is 5.23. The van der Waals surface area contributed by atoms with Gasteiger partial charge in [0.25, 0.3) is 5.91 Å². The highest BCUT2D eigenvalue weighted by Crippen LogP contribution is 2.18. The Morgan fingerprint density at radius 3 is 3.00 bits per heavy atom. The molecule has 0 bridgehead atoms. The summed E-state index contributed by atoms with van der Waals surface area (Å²) in [5.74, 6) is 1.34. The molecule has 0 radical (unpaired) electrons. The van der Waals surface area contributed by atoms with Gasteiger partial charge in [0, 0.05) is 39.1 Å². The maximum atomic E-state index is 12.4. The van der Waals surface area contributed by atoms with Crippen LogP contribution in [0, 0.1) is 0 Å². The average molecular weight is 365 g/mol. The van der Waals surface area contributed by atoms with Crippen molar-refractivity contribution < 1.29 is 9.21 Å². The molecular formula is C18H25ClN4O2. The van der Waals surface area contributed by atoms with E-state index in [0.717, 1.165) is 63.4 Å². The second-order valence-corrected chi connectivity index (χ2v) is 6.81. The number of aromatic amines is 1. The predicted octanol–water partition coefficient (Wildman–Crippen LogP) is 3.35. The van der Waals surface area contributed by atoms with Gasteiger partial charge in [-0.2, -0.15) is 0 Å². The number of nitrogens with one attached hydrogen (secondary N) is 1. The molecule has 1 aliphatic heterocycles. The number of imidazole rings is 1. The second kappa shape index (κ2) is 8.54. The van der Waals surface area contributed by atoms with E-state index in [4.69, 9.17) is 16.0 Å². The van der Waals surface area contributed by atoms with Gasteiger partial charge in [-0.25, -0.2) is 4.98 Å². The number of carbonyl (C=O) groups excluding carboxylic acids is 1. The van der Waals surface area contributed by atoms with Crippen LogP contribution in [0.3, 0.4) is 0 Å². The number of furan rings is 1. The Bertz CT molecular complexity index is 683. The molecule has 136 valence electrons. The average Bonchev–Trinajstić information content (AvgIpc) is 3.19. The molecule has 7 heteroatoms. The van der Waals surface area contributed by atoms with Gasteiger partial charge >= 0.3 is 0 Å². The first-order valence-electron chi connectivity index (χ1n) is 8.95. The summed E-state index contributed by atoms with van der Waals surface area (Å²) in [4.78, 5) is 24.4. The molecule has 1 aliphatic rings. The number of aromatic nitrogens is 2. The quantitative estimate of drug-likeness (QED) is 0.853. The Morgan fingerprint density at radius 1 is 1.36 bits per heavy atom. The zero-order chi connectivity index (χ0) is 17.6.